The molecule has 140 valence electrons. The topological polar surface area (TPSA) is 75.0 Å². The lowest BCUT2D eigenvalue weighted by Crippen LogP contribution is -2.32. The monoisotopic (exact) mass is 359 g/mol. The Labute approximate surface area is 153 Å². The van der Waals surface area contributed by atoms with E-state index in [4.69, 9.17) is 9.15 Å². The number of carbonyl (C=O) groups excluding carboxylic acids is 2. The molecule has 7 heteroatoms. The van der Waals surface area contributed by atoms with Crippen LogP contribution < -0.4 is 10.2 Å². The molecule has 7 nitrogen and oxygen atoms in total. The molecule has 26 heavy (non-hydrogen) atoms. The molecule has 0 aliphatic heterocycles. The molecule has 2 rings (SSSR count). The second-order valence-electron chi connectivity index (χ2n) is 6.10. The third-order valence-corrected chi connectivity index (χ3v) is 3.94. The fraction of sp³-hybridized carbons (Fsp3) is 0.368. The van der Waals surface area contributed by atoms with Crippen LogP contribution in [0.1, 0.15) is 23.0 Å². The van der Waals surface area contributed by atoms with Gasteiger partial charge in [-0.2, -0.15) is 0 Å². The maximum absolute atomic E-state index is 12.2. The van der Waals surface area contributed by atoms with Crippen molar-refractivity contribution in [3.05, 3.63) is 47.9 Å². The lowest BCUT2D eigenvalue weighted by molar-refractivity contribution is -0.130. The van der Waals surface area contributed by atoms with Gasteiger partial charge in [-0.3, -0.25) is 9.59 Å². The zero-order valence-corrected chi connectivity index (χ0v) is 15.6. The Kier molecular flexibility index (Phi) is 6.80. The van der Waals surface area contributed by atoms with Gasteiger partial charge in [0, 0.05) is 52.6 Å². The molecule has 2 aromatic rings. The number of hydrogen-bond donors (Lipinski definition) is 1. The second-order valence-corrected chi connectivity index (χ2v) is 6.10. The van der Waals surface area contributed by atoms with Crippen LogP contribution in [0.2, 0.25) is 0 Å². The van der Waals surface area contributed by atoms with E-state index in [0.717, 1.165) is 11.3 Å². The predicted octanol–water partition coefficient (Wildman–Crippen LogP) is 2.59. The lowest BCUT2D eigenvalue weighted by atomic mass is 10.1. The summed E-state index contributed by atoms with van der Waals surface area (Å²) in [5.74, 6) is -0.105. The van der Waals surface area contributed by atoms with Gasteiger partial charge < -0.3 is 24.3 Å². The van der Waals surface area contributed by atoms with E-state index >= 15 is 0 Å². The van der Waals surface area contributed by atoms with Gasteiger partial charge in [0.1, 0.15) is 0 Å². The van der Waals surface area contributed by atoms with E-state index in [-0.39, 0.29) is 17.6 Å². The van der Waals surface area contributed by atoms with Crippen molar-refractivity contribution in [3.8, 4) is 0 Å². The van der Waals surface area contributed by atoms with E-state index < -0.39 is 0 Å². The zero-order valence-electron chi connectivity index (χ0n) is 15.6. The van der Waals surface area contributed by atoms with E-state index in [1.165, 1.54) is 13.2 Å². The number of nitrogens with one attached hydrogen (secondary N) is 1. The van der Waals surface area contributed by atoms with Crippen LogP contribution in [0.4, 0.5) is 11.4 Å². The van der Waals surface area contributed by atoms with Crippen molar-refractivity contribution in [3.63, 3.8) is 0 Å². The van der Waals surface area contributed by atoms with Crippen LogP contribution in [-0.4, -0.2) is 51.1 Å². The lowest BCUT2D eigenvalue weighted by Gasteiger charge is -2.25. The van der Waals surface area contributed by atoms with Crippen LogP contribution >= 0.6 is 0 Å². The zero-order chi connectivity index (χ0) is 19.1. The van der Waals surface area contributed by atoms with Crippen molar-refractivity contribution in [1.82, 2.24) is 4.90 Å². The van der Waals surface area contributed by atoms with Crippen LogP contribution in [0.5, 0.6) is 0 Å². The molecule has 0 saturated heterocycles. The predicted molar refractivity (Wildman–Crippen MR) is 100 cm³/mol. The average molecular weight is 359 g/mol. The highest BCUT2D eigenvalue weighted by molar-refractivity contribution is 6.02. The summed E-state index contributed by atoms with van der Waals surface area (Å²) >= 11 is 0. The first-order chi connectivity index (χ1) is 12.4. The van der Waals surface area contributed by atoms with E-state index in [0.29, 0.717) is 25.4 Å². The Morgan fingerprint density at radius 3 is 2.58 bits per heavy atom. The van der Waals surface area contributed by atoms with Crippen LogP contribution in [0.3, 0.4) is 0 Å². The van der Waals surface area contributed by atoms with E-state index in [1.807, 2.05) is 37.2 Å². The summed E-state index contributed by atoms with van der Waals surface area (Å²) in [6.07, 6.45) is 1.45. The Morgan fingerprint density at radius 2 is 2.00 bits per heavy atom. The Morgan fingerprint density at radius 1 is 1.23 bits per heavy atom. The minimum Gasteiger partial charge on any atom is -0.459 e. The summed E-state index contributed by atoms with van der Waals surface area (Å²) < 4.78 is 10.2. The molecular formula is C19H25N3O4. The highest BCUT2D eigenvalue weighted by Crippen LogP contribution is 2.25. The fourth-order valence-electron chi connectivity index (χ4n) is 2.58. The van der Waals surface area contributed by atoms with Crippen LogP contribution in [0.15, 0.2) is 41.0 Å². The number of rotatable bonds is 8. The molecular weight excluding hydrogens is 334 g/mol. The van der Waals surface area contributed by atoms with Crippen molar-refractivity contribution >= 4 is 23.2 Å². The Balaban J connectivity index is 2.24. The molecule has 0 saturated carbocycles. The van der Waals surface area contributed by atoms with E-state index in [9.17, 15) is 9.59 Å². The number of hydrogen-bond acceptors (Lipinski definition) is 5. The highest BCUT2D eigenvalue weighted by atomic mass is 16.5. The molecule has 0 bridgehead atoms. The first-order valence-electron chi connectivity index (χ1n) is 8.32. The summed E-state index contributed by atoms with van der Waals surface area (Å²) in [6, 6.07) is 8.89. The molecule has 0 atom stereocenters. The number of amides is 2. The molecule has 1 N–H and O–H groups in total. The van der Waals surface area contributed by atoms with Gasteiger partial charge in [0.05, 0.1) is 12.9 Å². The molecule has 0 unspecified atom stereocenters. The maximum Gasteiger partial charge on any atom is 0.291 e. The molecule has 1 aromatic carbocycles. The van der Waals surface area contributed by atoms with Crippen LogP contribution in [0.25, 0.3) is 0 Å². The summed E-state index contributed by atoms with van der Waals surface area (Å²) in [5.41, 5.74) is 2.55. The Hall–Kier alpha value is -2.80. The normalized spacial score (nSPS) is 10.5. The summed E-state index contributed by atoms with van der Waals surface area (Å²) in [6.45, 7) is 2.93. The van der Waals surface area contributed by atoms with Gasteiger partial charge in [-0.25, -0.2) is 0 Å². The average Bonchev–Trinajstić information content (AvgIpc) is 3.13. The minimum atomic E-state index is -0.318. The quantitative estimate of drug-likeness (QED) is 0.784. The second kappa shape index (κ2) is 9.05. The van der Waals surface area contributed by atoms with Gasteiger partial charge in [-0.05, 0) is 35.9 Å². The number of carbonyl (C=O) groups is 2. The van der Waals surface area contributed by atoms with Gasteiger partial charge in [0.2, 0.25) is 5.91 Å². The largest absolute Gasteiger partial charge is 0.459 e. The number of furan rings is 1. The van der Waals surface area contributed by atoms with Gasteiger partial charge >= 0.3 is 0 Å². The van der Waals surface area contributed by atoms with E-state index in [2.05, 4.69) is 5.32 Å². The standard InChI is InChI=1S/C19H25N3O4/c1-14(23)22(9-11-25-4)13-15-12-16(7-8-17(15)21(2)3)20-19(24)18-6-5-10-26-18/h5-8,10,12H,9,11,13H2,1-4H3,(H,20,24). The summed E-state index contributed by atoms with van der Waals surface area (Å²) in [7, 11) is 5.48. The number of methoxy groups -OCH3 is 1. The van der Waals surface area contributed by atoms with Crippen LogP contribution in [0, 0.1) is 0 Å². The first kappa shape index (κ1) is 19.5. The van der Waals surface area contributed by atoms with Gasteiger partial charge in [0.15, 0.2) is 5.76 Å². The third-order valence-electron chi connectivity index (χ3n) is 3.94. The molecule has 0 spiro atoms. The Bertz CT molecular complexity index is 741. The first-order valence-corrected chi connectivity index (χ1v) is 8.32. The molecule has 0 aliphatic carbocycles. The SMILES string of the molecule is COCCN(Cc1cc(NC(=O)c2ccco2)ccc1N(C)C)C(C)=O. The van der Waals surface area contributed by atoms with Gasteiger partial charge in [-0.15, -0.1) is 0 Å². The van der Waals surface area contributed by atoms with Gasteiger partial charge in [0.25, 0.3) is 5.91 Å². The molecule has 0 fully saturated rings. The maximum atomic E-state index is 12.2. The molecule has 0 aliphatic rings. The smallest absolute Gasteiger partial charge is 0.291 e. The minimum absolute atomic E-state index is 0.0308. The van der Waals surface area contributed by atoms with Crippen molar-refractivity contribution in [1.29, 1.82) is 0 Å². The number of benzene rings is 1. The molecule has 2 amide bonds. The van der Waals surface area contributed by atoms with Crippen molar-refractivity contribution in [2.75, 3.05) is 44.6 Å². The van der Waals surface area contributed by atoms with Gasteiger partial charge in [-0.1, -0.05) is 0 Å². The van der Waals surface area contributed by atoms with E-state index in [1.54, 1.807) is 24.1 Å². The van der Waals surface area contributed by atoms with Crippen molar-refractivity contribution < 1.29 is 18.7 Å². The summed E-state index contributed by atoms with van der Waals surface area (Å²) in [4.78, 5) is 27.8. The number of nitrogens with zero attached hydrogens (tertiary/aromatic N) is 2. The van der Waals surface area contributed by atoms with Crippen LogP contribution in [-0.2, 0) is 16.1 Å². The molecule has 0 radical (unpaired) electrons. The molecule has 1 heterocycles. The number of anilines is 2. The molecule has 1 aromatic heterocycles. The number of ether oxygens (including phenoxy) is 1. The summed E-state index contributed by atoms with van der Waals surface area (Å²) in [5, 5.41) is 2.82. The highest BCUT2D eigenvalue weighted by Gasteiger charge is 2.15. The third kappa shape index (κ3) is 5.10. The fourth-order valence-corrected chi connectivity index (χ4v) is 2.58. The van der Waals surface area contributed by atoms with Crippen molar-refractivity contribution in [2.45, 2.75) is 13.5 Å². The van der Waals surface area contributed by atoms with Crippen molar-refractivity contribution in [2.24, 2.45) is 0 Å².